The van der Waals surface area contributed by atoms with Gasteiger partial charge in [-0.25, -0.2) is 0 Å². The monoisotopic (exact) mass is 204 g/mol. The Morgan fingerprint density at radius 2 is 2.36 bits per heavy atom. The molecule has 1 N–H and O–H groups in total. The lowest BCUT2D eigenvalue weighted by Crippen LogP contribution is -2.21. The van der Waals surface area contributed by atoms with E-state index in [1.807, 2.05) is 11.8 Å². The third-order valence-corrected chi connectivity index (χ3v) is 3.51. The van der Waals surface area contributed by atoms with Crippen LogP contribution in [-0.2, 0) is 0 Å². The van der Waals surface area contributed by atoms with Crippen LogP contribution in [0.1, 0.15) is 18.0 Å². The highest BCUT2D eigenvalue weighted by atomic mass is 32.2. The largest absolute Gasteiger partial charge is 0.308 e. The summed E-state index contributed by atoms with van der Waals surface area (Å²) >= 11 is 1.89. The van der Waals surface area contributed by atoms with Gasteiger partial charge in [0.2, 0.25) is 0 Å². The van der Waals surface area contributed by atoms with E-state index >= 15 is 0 Å². The number of nitrogens with zero attached hydrogens (tertiary/aromatic N) is 1. The minimum absolute atomic E-state index is 0.435. The molecule has 0 aliphatic carbocycles. The highest BCUT2D eigenvalue weighted by Gasteiger charge is 2.21. The summed E-state index contributed by atoms with van der Waals surface area (Å²) in [4.78, 5) is 1.38. The van der Waals surface area contributed by atoms with Crippen molar-refractivity contribution < 1.29 is 0 Å². The molecule has 1 heterocycles. The smallest absolute Gasteiger partial charge is 0.0635 e. The van der Waals surface area contributed by atoms with E-state index in [0.29, 0.717) is 12.5 Å². The standard InChI is InChI=1S/C11H12N2S/c12-6-3-7-13-10-8-14-11-5-2-1-4-9(10)11/h1-2,4-5,10,13H,3,7-8H2. The normalized spacial score (nSPS) is 18.9. The lowest BCUT2D eigenvalue weighted by Gasteiger charge is -2.11. The van der Waals surface area contributed by atoms with Crippen molar-refractivity contribution in [3.05, 3.63) is 29.8 Å². The summed E-state index contributed by atoms with van der Waals surface area (Å²) in [7, 11) is 0. The van der Waals surface area contributed by atoms with E-state index in [0.717, 1.165) is 12.3 Å². The number of hydrogen-bond donors (Lipinski definition) is 1. The summed E-state index contributed by atoms with van der Waals surface area (Å²) in [5.41, 5.74) is 1.38. The molecule has 1 unspecified atom stereocenters. The van der Waals surface area contributed by atoms with E-state index in [1.54, 1.807) is 0 Å². The summed E-state index contributed by atoms with van der Waals surface area (Å²) in [5.74, 6) is 1.09. The van der Waals surface area contributed by atoms with Crippen LogP contribution in [0.2, 0.25) is 0 Å². The van der Waals surface area contributed by atoms with Gasteiger partial charge in [0.05, 0.1) is 6.07 Å². The first-order valence-electron chi connectivity index (χ1n) is 4.74. The molecule has 0 radical (unpaired) electrons. The first-order valence-corrected chi connectivity index (χ1v) is 5.72. The second kappa shape index (κ2) is 4.50. The van der Waals surface area contributed by atoms with E-state index < -0.39 is 0 Å². The number of thioether (sulfide) groups is 1. The number of fused-ring (bicyclic) bond motifs is 1. The van der Waals surface area contributed by atoms with Crippen LogP contribution >= 0.6 is 11.8 Å². The molecule has 0 saturated carbocycles. The van der Waals surface area contributed by atoms with E-state index in [4.69, 9.17) is 5.26 Å². The molecule has 1 atom stereocenters. The Hall–Kier alpha value is -0.980. The van der Waals surface area contributed by atoms with Crippen molar-refractivity contribution in [2.24, 2.45) is 0 Å². The van der Waals surface area contributed by atoms with Gasteiger partial charge in [0.15, 0.2) is 0 Å². The lowest BCUT2D eigenvalue weighted by molar-refractivity contribution is 0.592. The van der Waals surface area contributed by atoms with E-state index in [2.05, 4.69) is 35.7 Å². The number of rotatable bonds is 3. The first-order chi connectivity index (χ1) is 6.92. The Kier molecular flexibility index (Phi) is 3.07. The first kappa shape index (κ1) is 9.57. The Morgan fingerprint density at radius 1 is 1.50 bits per heavy atom. The van der Waals surface area contributed by atoms with Crippen LogP contribution in [0.25, 0.3) is 0 Å². The molecule has 0 amide bonds. The van der Waals surface area contributed by atoms with Gasteiger partial charge in [0, 0.05) is 29.7 Å². The van der Waals surface area contributed by atoms with Crippen LogP contribution in [0, 0.1) is 11.3 Å². The molecule has 1 aromatic carbocycles. The second-order valence-electron chi connectivity index (χ2n) is 3.26. The van der Waals surface area contributed by atoms with Gasteiger partial charge in [-0.05, 0) is 11.6 Å². The molecule has 0 spiro atoms. The van der Waals surface area contributed by atoms with Gasteiger partial charge in [-0.2, -0.15) is 5.26 Å². The minimum Gasteiger partial charge on any atom is -0.308 e. The van der Waals surface area contributed by atoms with Gasteiger partial charge < -0.3 is 5.32 Å². The van der Waals surface area contributed by atoms with E-state index in [9.17, 15) is 0 Å². The van der Waals surface area contributed by atoms with Crippen molar-refractivity contribution in [1.82, 2.24) is 5.32 Å². The number of hydrogen-bond acceptors (Lipinski definition) is 3. The quantitative estimate of drug-likeness (QED) is 0.768. The number of benzene rings is 1. The second-order valence-corrected chi connectivity index (χ2v) is 4.33. The van der Waals surface area contributed by atoms with Crippen LogP contribution < -0.4 is 5.32 Å². The molecule has 0 aromatic heterocycles. The Balaban J connectivity index is 2.00. The molecule has 72 valence electrons. The topological polar surface area (TPSA) is 35.8 Å². The highest BCUT2D eigenvalue weighted by Crippen LogP contribution is 2.37. The molecule has 0 fully saturated rings. The molecule has 2 nitrogen and oxygen atoms in total. The molecule has 3 heteroatoms. The molecule has 14 heavy (non-hydrogen) atoms. The Labute approximate surface area is 88.3 Å². The van der Waals surface area contributed by atoms with Gasteiger partial charge >= 0.3 is 0 Å². The zero-order valence-electron chi connectivity index (χ0n) is 7.86. The fourth-order valence-electron chi connectivity index (χ4n) is 1.63. The third kappa shape index (κ3) is 1.92. The fourth-order valence-corrected chi connectivity index (χ4v) is 2.83. The molecule has 1 aliphatic rings. The molecular weight excluding hydrogens is 192 g/mol. The maximum Gasteiger partial charge on any atom is 0.0635 e. The third-order valence-electron chi connectivity index (χ3n) is 2.33. The van der Waals surface area contributed by atoms with Gasteiger partial charge in [0.25, 0.3) is 0 Å². The average molecular weight is 204 g/mol. The zero-order chi connectivity index (χ0) is 9.80. The summed E-state index contributed by atoms with van der Waals surface area (Å²) in [5, 5.41) is 11.8. The highest BCUT2D eigenvalue weighted by molar-refractivity contribution is 7.99. The summed E-state index contributed by atoms with van der Waals surface area (Å²) in [6.07, 6.45) is 0.587. The predicted octanol–water partition coefficient (Wildman–Crippen LogP) is 2.34. The van der Waals surface area contributed by atoms with Crippen molar-refractivity contribution in [1.29, 1.82) is 5.26 Å². The zero-order valence-corrected chi connectivity index (χ0v) is 8.68. The lowest BCUT2D eigenvalue weighted by atomic mass is 10.1. The van der Waals surface area contributed by atoms with Crippen molar-refractivity contribution >= 4 is 11.8 Å². The van der Waals surface area contributed by atoms with Crippen LogP contribution in [-0.4, -0.2) is 12.3 Å². The Bertz CT molecular complexity index is 357. The average Bonchev–Trinajstić information content (AvgIpc) is 2.63. The number of nitriles is 1. The van der Waals surface area contributed by atoms with Crippen LogP contribution in [0.15, 0.2) is 29.2 Å². The van der Waals surface area contributed by atoms with Gasteiger partial charge in [-0.3, -0.25) is 0 Å². The van der Waals surface area contributed by atoms with Gasteiger partial charge in [-0.1, -0.05) is 18.2 Å². The molecule has 0 bridgehead atoms. The van der Waals surface area contributed by atoms with Crippen LogP contribution in [0.3, 0.4) is 0 Å². The predicted molar refractivity (Wildman–Crippen MR) is 58.1 cm³/mol. The van der Waals surface area contributed by atoms with Gasteiger partial charge in [-0.15, -0.1) is 11.8 Å². The molecule has 2 rings (SSSR count). The maximum absolute atomic E-state index is 8.44. The maximum atomic E-state index is 8.44. The summed E-state index contributed by atoms with van der Waals surface area (Å²) in [6, 6.07) is 11.1. The molecular formula is C11H12N2S. The molecule has 0 saturated heterocycles. The van der Waals surface area contributed by atoms with Crippen molar-refractivity contribution in [3.8, 4) is 6.07 Å². The van der Waals surface area contributed by atoms with Crippen LogP contribution in [0.5, 0.6) is 0 Å². The van der Waals surface area contributed by atoms with Crippen molar-refractivity contribution in [2.45, 2.75) is 17.4 Å². The molecule has 1 aliphatic heterocycles. The molecule has 1 aromatic rings. The summed E-state index contributed by atoms with van der Waals surface area (Å²) < 4.78 is 0. The summed E-state index contributed by atoms with van der Waals surface area (Å²) in [6.45, 7) is 0.788. The van der Waals surface area contributed by atoms with Crippen LogP contribution in [0.4, 0.5) is 0 Å². The SMILES string of the molecule is N#CCCNC1CSc2ccccc21. The van der Waals surface area contributed by atoms with Gasteiger partial charge in [0.1, 0.15) is 0 Å². The van der Waals surface area contributed by atoms with Crippen molar-refractivity contribution in [2.75, 3.05) is 12.3 Å². The van der Waals surface area contributed by atoms with E-state index in [1.165, 1.54) is 10.5 Å². The fraction of sp³-hybridized carbons (Fsp3) is 0.364. The van der Waals surface area contributed by atoms with E-state index in [-0.39, 0.29) is 0 Å². The minimum atomic E-state index is 0.435. The van der Waals surface area contributed by atoms with Crippen molar-refractivity contribution in [3.63, 3.8) is 0 Å². The Morgan fingerprint density at radius 3 is 3.21 bits per heavy atom. The number of nitrogens with one attached hydrogen (secondary N) is 1.